The largest absolute Gasteiger partial charge is 0.413 e. The number of fused-ring (bicyclic) bond motifs is 1. The third kappa shape index (κ3) is 4.34. The molecule has 1 aromatic carbocycles. The van der Waals surface area contributed by atoms with E-state index in [2.05, 4.69) is 56.1 Å². The molecule has 0 aliphatic rings. The van der Waals surface area contributed by atoms with Gasteiger partial charge in [0.15, 0.2) is 9.04 Å². The molecule has 0 radical (unpaired) electrons. The first-order chi connectivity index (χ1) is 13.0. The van der Waals surface area contributed by atoms with Crippen LogP contribution in [0.4, 0.5) is 0 Å². The van der Waals surface area contributed by atoms with Crippen LogP contribution in [-0.2, 0) is 14.3 Å². The number of aromatic nitrogens is 3. The van der Waals surface area contributed by atoms with Crippen LogP contribution in [0.15, 0.2) is 47.8 Å². The van der Waals surface area contributed by atoms with Crippen LogP contribution in [0.2, 0.25) is 13.1 Å². The summed E-state index contributed by atoms with van der Waals surface area (Å²) in [5.41, 5.74) is 3.59. The smallest absolute Gasteiger partial charge is 0.265 e. The summed E-state index contributed by atoms with van der Waals surface area (Å²) in [6.45, 7) is 10.9. The third-order valence-corrected chi connectivity index (χ3v) is 6.06. The molecule has 3 rings (SSSR count). The normalized spacial score (nSPS) is 14.0. The van der Waals surface area contributed by atoms with E-state index in [0.717, 1.165) is 28.6 Å². The molecule has 8 heteroatoms. The van der Waals surface area contributed by atoms with Gasteiger partial charge in [0.25, 0.3) is 5.16 Å². The molecule has 0 N–H and O–H groups in total. The zero-order chi connectivity index (χ0) is 20.7. The van der Waals surface area contributed by atoms with Crippen molar-refractivity contribution in [3.8, 4) is 11.3 Å². The van der Waals surface area contributed by atoms with Gasteiger partial charge in [0, 0.05) is 11.8 Å². The summed E-state index contributed by atoms with van der Waals surface area (Å²) in [4.78, 5) is 3.96. The van der Waals surface area contributed by atoms with E-state index in [-0.39, 0.29) is 16.7 Å². The average molecular weight is 418 g/mol. The lowest BCUT2D eigenvalue weighted by molar-refractivity contribution is 0.0866. The molecule has 6 nitrogen and oxygen atoms in total. The second kappa shape index (κ2) is 7.42. The standard InChI is InChI=1S/C20H27N3O3SSi/c1-20(2,3)18(26-28(5)6)15-9-7-8-14(12-15)17-11-10-16-13-21-19(22-23(16)17)27(4,24)25/h7-13,18,28H,1-6H3. The Hall–Kier alpha value is -2.03. The molecule has 150 valence electrons. The molecule has 0 bridgehead atoms. The zero-order valence-electron chi connectivity index (χ0n) is 17.2. The first-order valence-electron chi connectivity index (χ1n) is 9.27. The predicted octanol–water partition coefficient (Wildman–Crippen LogP) is 3.89. The summed E-state index contributed by atoms with van der Waals surface area (Å²) < 4.78 is 31.7. The topological polar surface area (TPSA) is 73.6 Å². The zero-order valence-corrected chi connectivity index (χ0v) is 19.1. The molecule has 0 aliphatic carbocycles. The van der Waals surface area contributed by atoms with Crippen molar-refractivity contribution in [1.82, 2.24) is 14.6 Å². The van der Waals surface area contributed by atoms with Gasteiger partial charge in [0.2, 0.25) is 9.84 Å². The molecule has 1 atom stereocenters. The highest BCUT2D eigenvalue weighted by Crippen LogP contribution is 2.38. The molecule has 0 saturated carbocycles. The molecule has 0 amide bonds. The maximum Gasteiger partial charge on any atom is 0.265 e. The molecule has 0 aliphatic heterocycles. The number of hydrogen-bond acceptors (Lipinski definition) is 5. The van der Waals surface area contributed by atoms with Crippen LogP contribution in [0.5, 0.6) is 0 Å². The molecule has 2 aromatic heterocycles. The van der Waals surface area contributed by atoms with Crippen molar-refractivity contribution in [2.75, 3.05) is 6.26 Å². The predicted molar refractivity (Wildman–Crippen MR) is 114 cm³/mol. The van der Waals surface area contributed by atoms with E-state index in [4.69, 9.17) is 4.43 Å². The van der Waals surface area contributed by atoms with E-state index >= 15 is 0 Å². The van der Waals surface area contributed by atoms with Gasteiger partial charge in [-0.2, -0.15) is 0 Å². The molecular weight excluding hydrogens is 390 g/mol. The van der Waals surface area contributed by atoms with Crippen LogP contribution in [-0.4, -0.2) is 38.3 Å². The Morgan fingerprint density at radius 2 is 1.86 bits per heavy atom. The Morgan fingerprint density at radius 3 is 2.46 bits per heavy atom. The summed E-state index contributed by atoms with van der Waals surface area (Å²) in [5.74, 6) is 0. The number of rotatable bonds is 5. The van der Waals surface area contributed by atoms with Crippen LogP contribution >= 0.6 is 0 Å². The van der Waals surface area contributed by atoms with Crippen molar-refractivity contribution in [3.63, 3.8) is 0 Å². The summed E-state index contributed by atoms with van der Waals surface area (Å²) in [6, 6.07) is 12.0. The van der Waals surface area contributed by atoms with Crippen molar-refractivity contribution in [2.24, 2.45) is 5.41 Å². The van der Waals surface area contributed by atoms with E-state index in [0.29, 0.717) is 0 Å². The Bertz CT molecular complexity index is 1100. The average Bonchev–Trinajstić information content (AvgIpc) is 3.01. The summed E-state index contributed by atoms with van der Waals surface area (Å²) >= 11 is 0. The van der Waals surface area contributed by atoms with Crippen LogP contribution < -0.4 is 0 Å². The van der Waals surface area contributed by atoms with Crippen molar-refractivity contribution in [1.29, 1.82) is 0 Å². The molecular formula is C20H27N3O3SSi. The first kappa shape index (κ1) is 20.7. The van der Waals surface area contributed by atoms with Crippen molar-refractivity contribution < 1.29 is 12.8 Å². The van der Waals surface area contributed by atoms with Crippen molar-refractivity contribution in [2.45, 2.75) is 45.1 Å². The van der Waals surface area contributed by atoms with Crippen LogP contribution in [0.25, 0.3) is 16.8 Å². The molecule has 2 heterocycles. The Labute approximate surface area is 168 Å². The highest BCUT2D eigenvalue weighted by Gasteiger charge is 2.28. The highest BCUT2D eigenvalue weighted by molar-refractivity contribution is 7.90. The Morgan fingerprint density at radius 1 is 1.14 bits per heavy atom. The maximum atomic E-state index is 11.9. The van der Waals surface area contributed by atoms with Gasteiger partial charge in [0.05, 0.1) is 23.5 Å². The number of sulfone groups is 1. The second-order valence-electron chi connectivity index (χ2n) is 8.42. The number of nitrogens with zero attached hydrogens (tertiary/aromatic N) is 3. The third-order valence-electron chi connectivity index (χ3n) is 4.39. The van der Waals surface area contributed by atoms with Gasteiger partial charge in [-0.3, -0.25) is 0 Å². The fourth-order valence-electron chi connectivity index (χ4n) is 3.19. The van der Waals surface area contributed by atoms with Crippen LogP contribution in [0, 0.1) is 5.41 Å². The van der Waals surface area contributed by atoms with Crippen molar-refractivity contribution in [3.05, 3.63) is 48.2 Å². The van der Waals surface area contributed by atoms with Crippen LogP contribution in [0.1, 0.15) is 32.4 Å². The molecule has 0 saturated heterocycles. The van der Waals surface area contributed by atoms with E-state index in [1.807, 2.05) is 24.3 Å². The molecule has 28 heavy (non-hydrogen) atoms. The van der Waals surface area contributed by atoms with Crippen molar-refractivity contribution >= 4 is 24.4 Å². The van der Waals surface area contributed by atoms with E-state index in [1.54, 1.807) is 4.52 Å². The molecule has 3 aromatic rings. The molecule has 0 fully saturated rings. The van der Waals surface area contributed by atoms with Gasteiger partial charge in [-0.25, -0.2) is 17.9 Å². The summed E-state index contributed by atoms with van der Waals surface area (Å²) in [6.07, 6.45) is 2.63. The van der Waals surface area contributed by atoms with Gasteiger partial charge < -0.3 is 4.43 Å². The van der Waals surface area contributed by atoms with Crippen LogP contribution in [0.3, 0.4) is 0 Å². The van der Waals surface area contributed by atoms with E-state index in [1.165, 1.54) is 6.20 Å². The number of hydrogen-bond donors (Lipinski definition) is 0. The molecule has 1 unspecified atom stereocenters. The van der Waals surface area contributed by atoms with Gasteiger partial charge in [0.1, 0.15) is 0 Å². The van der Waals surface area contributed by atoms with Gasteiger partial charge in [-0.05, 0) is 42.3 Å². The molecule has 0 spiro atoms. The summed E-state index contributed by atoms with van der Waals surface area (Å²) in [5, 5.41) is 4.06. The van der Waals surface area contributed by atoms with E-state index in [9.17, 15) is 8.42 Å². The van der Waals surface area contributed by atoms with Gasteiger partial charge >= 0.3 is 0 Å². The Kier molecular flexibility index (Phi) is 5.48. The van der Waals surface area contributed by atoms with Gasteiger partial charge in [-0.15, -0.1) is 5.10 Å². The minimum Gasteiger partial charge on any atom is -0.413 e. The summed E-state index contributed by atoms with van der Waals surface area (Å²) in [7, 11) is -4.72. The lowest BCUT2D eigenvalue weighted by Crippen LogP contribution is -2.25. The maximum absolute atomic E-state index is 11.9. The lowest BCUT2D eigenvalue weighted by Gasteiger charge is -2.33. The Balaban J connectivity index is 2.11. The fraction of sp³-hybridized carbons (Fsp3) is 0.400. The SMILES string of the molecule is C[SiH](C)OC(c1cccc(-c2ccc3cnc(S(C)(=O)=O)nn23)c1)C(C)(C)C. The highest BCUT2D eigenvalue weighted by atomic mass is 32.2. The number of benzene rings is 1. The minimum atomic E-state index is -3.48. The monoisotopic (exact) mass is 417 g/mol. The minimum absolute atomic E-state index is 0.00782. The first-order valence-corrected chi connectivity index (χ1v) is 13.9. The lowest BCUT2D eigenvalue weighted by atomic mass is 9.84. The second-order valence-corrected chi connectivity index (χ2v) is 12.7. The fourth-order valence-corrected chi connectivity index (χ4v) is 4.77. The quantitative estimate of drug-likeness (QED) is 0.589. The van der Waals surface area contributed by atoms with E-state index < -0.39 is 18.9 Å². The van der Waals surface area contributed by atoms with Gasteiger partial charge in [-0.1, -0.05) is 39.0 Å².